The number of fused-ring (bicyclic) bond motifs is 4. The molecule has 1 aliphatic rings. The highest BCUT2D eigenvalue weighted by atomic mass is 32.1. The Hall–Kier alpha value is -2.26. The average molecular weight is 260 g/mol. The van der Waals surface area contributed by atoms with E-state index in [4.69, 9.17) is 0 Å². The molecular formula is C16H8N2S. The van der Waals surface area contributed by atoms with Gasteiger partial charge >= 0.3 is 0 Å². The molecule has 4 aromatic rings. The molecule has 88 valence electrons. The highest BCUT2D eigenvalue weighted by molar-refractivity contribution is 7.17. The molecule has 2 heterocycles. The van der Waals surface area contributed by atoms with Gasteiger partial charge in [0.2, 0.25) is 0 Å². The van der Waals surface area contributed by atoms with Crippen molar-refractivity contribution in [2.24, 2.45) is 0 Å². The van der Waals surface area contributed by atoms with E-state index >= 15 is 0 Å². The second-order valence-corrected chi connectivity index (χ2v) is 5.77. The van der Waals surface area contributed by atoms with E-state index in [2.05, 4.69) is 52.0 Å². The van der Waals surface area contributed by atoms with Crippen LogP contribution < -0.4 is 0 Å². The molecule has 0 aliphatic heterocycles. The van der Waals surface area contributed by atoms with Gasteiger partial charge in [0.1, 0.15) is 5.69 Å². The summed E-state index contributed by atoms with van der Waals surface area (Å²) >= 11 is 1.79. The molecule has 0 atom stereocenters. The Labute approximate surface area is 113 Å². The van der Waals surface area contributed by atoms with Crippen LogP contribution in [0.5, 0.6) is 0 Å². The van der Waals surface area contributed by atoms with Crippen molar-refractivity contribution in [2.75, 3.05) is 0 Å². The molecule has 0 bridgehead atoms. The van der Waals surface area contributed by atoms with Crippen LogP contribution >= 0.6 is 11.3 Å². The summed E-state index contributed by atoms with van der Waals surface area (Å²) in [7, 11) is 0. The van der Waals surface area contributed by atoms with Crippen molar-refractivity contribution in [2.45, 2.75) is 0 Å². The summed E-state index contributed by atoms with van der Waals surface area (Å²) in [4.78, 5) is 0. The van der Waals surface area contributed by atoms with Crippen molar-refractivity contribution >= 4 is 32.2 Å². The first-order valence-corrected chi connectivity index (χ1v) is 7.06. The molecule has 0 N–H and O–H groups in total. The van der Waals surface area contributed by atoms with Crippen LogP contribution in [-0.4, -0.2) is 10.2 Å². The first kappa shape index (κ1) is 9.64. The average Bonchev–Trinajstić information content (AvgIpc) is 3.02. The van der Waals surface area contributed by atoms with Crippen LogP contribution in [0.1, 0.15) is 0 Å². The van der Waals surface area contributed by atoms with Crippen molar-refractivity contribution < 1.29 is 0 Å². The van der Waals surface area contributed by atoms with Gasteiger partial charge in [0.25, 0.3) is 0 Å². The highest BCUT2D eigenvalue weighted by Crippen LogP contribution is 2.47. The van der Waals surface area contributed by atoms with E-state index in [0.717, 1.165) is 5.69 Å². The molecule has 1 aliphatic carbocycles. The standard InChI is InChI=1S/C16H8N2S/c1-2-10-8-17-18-16-13-6-9-4-5-19-14(9)7-12(13)11(3-1)15(10)16/h1-8H. The predicted octanol–water partition coefficient (Wildman–Crippen LogP) is 4.49. The van der Waals surface area contributed by atoms with E-state index in [1.807, 2.05) is 6.20 Å². The van der Waals surface area contributed by atoms with Crippen LogP contribution in [-0.2, 0) is 0 Å². The van der Waals surface area contributed by atoms with Gasteiger partial charge in [0, 0.05) is 21.0 Å². The summed E-state index contributed by atoms with van der Waals surface area (Å²) in [5, 5.41) is 14.3. The quantitative estimate of drug-likeness (QED) is 0.410. The van der Waals surface area contributed by atoms with Crippen molar-refractivity contribution in [3.05, 3.63) is 48.0 Å². The Morgan fingerprint density at radius 2 is 1.89 bits per heavy atom. The number of aromatic nitrogens is 2. The fraction of sp³-hybridized carbons (Fsp3) is 0. The van der Waals surface area contributed by atoms with E-state index in [-0.39, 0.29) is 0 Å². The van der Waals surface area contributed by atoms with E-state index in [1.54, 1.807) is 11.3 Å². The smallest absolute Gasteiger partial charge is 0.102 e. The lowest BCUT2D eigenvalue weighted by atomic mass is 10.0. The molecule has 0 amide bonds. The van der Waals surface area contributed by atoms with Crippen LogP contribution in [0.3, 0.4) is 0 Å². The molecular weight excluding hydrogens is 252 g/mol. The Morgan fingerprint density at radius 3 is 2.89 bits per heavy atom. The SMILES string of the molecule is c1cc2c3c(nncc3c1)-c1cc3ccsc3cc1-2. The van der Waals surface area contributed by atoms with Gasteiger partial charge in [-0.15, -0.1) is 16.4 Å². The second kappa shape index (κ2) is 3.19. The first-order valence-electron chi connectivity index (χ1n) is 6.18. The minimum absolute atomic E-state index is 1.02. The van der Waals surface area contributed by atoms with E-state index in [0.29, 0.717) is 0 Å². The Balaban J connectivity index is 2.05. The zero-order valence-corrected chi connectivity index (χ0v) is 10.7. The van der Waals surface area contributed by atoms with E-state index < -0.39 is 0 Å². The van der Waals surface area contributed by atoms with Gasteiger partial charge < -0.3 is 0 Å². The molecule has 3 heteroatoms. The number of benzene rings is 2. The Kier molecular flexibility index (Phi) is 1.62. The van der Waals surface area contributed by atoms with Crippen molar-refractivity contribution in [3.8, 4) is 22.4 Å². The largest absolute Gasteiger partial charge is 0.158 e. The monoisotopic (exact) mass is 260 g/mol. The molecule has 0 fully saturated rings. The minimum atomic E-state index is 1.02. The van der Waals surface area contributed by atoms with Crippen molar-refractivity contribution in [1.82, 2.24) is 10.2 Å². The van der Waals surface area contributed by atoms with Gasteiger partial charge in [0.05, 0.1) is 6.20 Å². The number of thiophene rings is 1. The molecule has 2 aromatic heterocycles. The summed E-state index contributed by atoms with van der Waals surface area (Å²) < 4.78 is 1.33. The van der Waals surface area contributed by atoms with Crippen molar-refractivity contribution in [3.63, 3.8) is 0 Å². The summed E-state index contributed by atoms with van der Waals surface area (Å²) in [6.45, 7) is 0. The summed E-state index contributed by atoms with van der Waals surface area (Å²) in [6, 6.07) is 13.1. The first-order chi connectivity index (χ1) is 9.42. The van der Waals surface area contributed by atoms with E-state index in [9.17, 15) is 0 Å². The van der Waals surface area contributed by atoms with Crippen LogP contribution in [0.4, 0.5) is 0 Å². The predicted molar refractivity (Wildman–Crippen MR) is 79.4 cm³/mol. The van der Waals surface area contributed by atoms with Crippen LogP contribution in [0, 0.1) is 0 Å². The highest BCUT2D eigenvalue weighted by Gasteiger charge is 2.23. The Bertz CT molecular complexity index is 896. The van der Waals surface area contributed by atoms with Gasteiger partial charge in [-0.2, -0.15) is 5.10 Å². The molecule has 5 rings (SSSR count). The molecule has 2 aromatic carbocycles. The lowest BCUT2D eigenvalue weighted by Crippen LogP contribution is -1.85. The van der Waals surface area contributed by atoms with Gasteiger partial charge in [0.15, 0.2) is 0 Å². The minimum Gasteiger partial charge on any atom is -0.158 e. The third-order valence-electron chi connectivity index (χ3n) is 3.83. The molecule has 19 heavy (non-hydrogen) atoms. The van der Waals surface area contributed by atoms with Gasteiger partial charge in [-0.1, -0.05) is 18.2 Å². The summed E-state index contributed by atoms with van der Waals surface area (Å²) in [5.74, 6) is 0. The van der Waals surface area contributed by atoms with Crippen LogP contribution in [0.2, 0.25) is 0 Å². The maximum absolute atomic E-state index is 4.36. The number of rotatable bonds is 0. The molecule has 0 saturated carbocycles. The molecule has 0 saturated heterocycles. The fourth-order valence-electron chi connectivity index (χ4n) is 2.98. The van der Waals surface area contributed by atoms with Crippen molar-refractivity contribution in [1.29, 1.82) is 0 Å². The Morgan fingerprint density at radius 1 is 0.895 bits per heavy atom. The summed E-state index contributed by atoms with van der Waals surface area (Å²) in [5.41, 5.74) is 4.81. The fourth-order valence-corrected chi connectivity index (χ4v) is 3.79. The maximum Gasteiger partial charge on any atom is 0.102 e. The topological polar surface area (TPSA) is 25.8 Å². The lowest BCUT2D eigenvalue weighted by Gasteiger charge is -2.00. The third-order valence-corrected chi connectivity index (χ3v) is 4.71. The zero-order valence-electron chi connectivity index (χ0n) is 9.92. The number of hydrogen-bond acceptors (Lipinski definition) is 3. The molecule has 2 nitrogen and oxygen atoms in total. The normalized spacial score (nSPS) is 12.2. The number of hydrogen-bond donors (Lipinski definition) is 0. The molecule has 0 radical (unpaired) electrons. The summed E-state index contributed by atoms with van der Waals surface area (Å²) in [6.07, 6.45) is 1.84. The van der Waals surface area contributed by atoms with E-state index in [1.165, 1.54) is 37.5 Å². The number of nitrogens with zero attached hydrogens (tertiary/aromatic N) is 2. The molecule has 0 unspecified atom stereocenters. The van der Waals surface area contributed by atoms with Crippen LogP contribution in [0.15, 0.2) is 48.0 Å². The molecule has 0 spiro atoms. The maximum atomic E-state index is 4.36. The van der Waals surface area contributed by atoms with Gasteiger partial charge in [-0.25, -0.2) is 0 Å². The van der Waals surface area contributed by atoms with Crippen LogP contribution in [0.25, 0.3) is 43.2 Å². The zero-order chi connectivity index (χ0) is 12.4. The second-order valence-electron chi connectivity index (χ2n) is 4.82. The third kappa shape index (κ3) is 1.11. The van der Waals surface area contributed by atoms with Gasteiger partial charge in [-0.05, 0) is 40.1 Å². The lowest BCUT2D eigenvalue weighted by molar-refractivity contribution is 1.06. The van der Waals surface area contributed by atoms with Gasteiger partial charge in [-0.3, -0.25) is 0 Å².